The molecule has 0 saturated carbocycles. The lowest BCUT2D eigenvalue weighted by molar-refractivity contribution is 0.0605. The zero-order chi connectivity index (χ0) is 18.7. The van der Waals surface area contributed by atoms with Gasteiger partial charge >= 0.3 is 5.97 Å². The van der Waals surface area contributed by atoms with E-state index in [1.165, 1.54) is 30.7 Å². The van der Waals surface area contributed by atoms with Crippen molar-refractivity contribution in [3.05, 3.63) is 64.2 Å². The molecule has 3 aromatic rings. The first kappa shape index (κ1) is 17.8. The number of carbonyl (C=O) groups is 2. The van der Waals surface area contributed by atoms with E-state index >= 15 is 0 Å². The Balaban J connectivity index is 1.89. The van der Waals surface area contributed by atoms with E-state index < -0.39 is 5.97 Å². The van der Waals surface area contributed by atoms with Crippen molar-refractivity contribution >= 4 is 39.4 Å². The number of aryl methyl sites for hydroxylation is 1. The van der Waals surface area contributed by atoms with Gasteiger partial charge in [-0.15, -0.1) is 11.3 Å². The van der Waals surface area contributed by atoms with Crippen LogP contribution >= 0.6 is 11.3 Å². The monoisotopic (exact) mass is 367 g/mol. The van der Waals surface area contributed by atoms with Gasteiger partial charge in [-0.1, -0.05) is 18.2 Å². The minimum Gasteiger partial charge on any atom is -0.497 e. The number of esters is 1. The fraction of sp³-hybridized carbons (Fsp3) is 0.150. The molecule has 0 N–H and O–H groups in total. The number of methoxy groups -OCH3 is 2. The smallest absolute Gasteiger partial charge is 0.348 e. The highest BCUT2D eigenvalue weighted by Crippen LogP contribution is 2.30. The first-order valence-electron chi connectivity index (χ1n) is 7.87. The Morgan fingerprint density at radius 3 is 2.73 bits per heavy atom. The molecular weight excluding hydrogens is 350 g/mol. The maximum Gasteiger partial charge on any atom is 0.348 e. The van der Waals surface area contributed by atoms with Gasteiger partial charge in [0.15, 0.2) is 5.78 Å². The number of nitrogens with zero attached hydrogens (tertiary/aromatic N) is 1. The molecule has 0 spiro atoms. The molecule has 0 saturated heterocycles. The number of thiophene rings is 1. The molecule has 0 aliphatic heterocycles. The summed E-state index contributed by atoms with van der Waals surface area (Å²) in [4.78, 5) is 29.8. The SMILES string of the molecule is COC(=O)c1sc2ncc(C(=O)/C=C/c3cccc(OC)c3)cc2c1C. The van der Waals surface area contributed by atoms with Gasteiger partial charge < -0.3 is 9.47 Å². The van der Waals surface area contributed by atoms with Crippen molar-refractivity contribution in [2.75, 3.05) is 14.2 Å². The predicted octanol–water partition coefficient (Wildman–Crippen LogP) is 4.30. The van der Waals surface area contributed by atoms with E-state index in [2.05, 4.69) is 4.98 Å². The second-order valence-corrected chi connectivity index (χ2v) is 6.60. The standard InChI is InChI=1S/C20H17NO4S/c1-12-16-10-14(11-21-19(16)26-18(12)20(23)25-3)17(22)8-7-13-5-4-6-15(9-13)24-2/h4-11H,1-3H3/b8-7+. The number of hydrogen-bond acceptors (Lipinski definition) is 6. The van der Waals surface area contributed by atoms with Crippen LogP contribution in [0.4, 0.5) is 0 Å². The lowest BCUT2D eigenvalue weighted by Crippen LogP contribution is -1.99. The van der Waals surface area contributed by atoms with Crippen molar-refractivity contribution in [1.29, 1.82) is 0 Å². The highest BCUT2D eigenvalue weighted by Gasteiger charge is 2.17. The number of allylic oxidation sites excluding steroid dienone is 1. The Morgan fingerprint density at radius 2 is 2.00 bits per heavy atom. The van der Waals surface area contributed by atoms with Crippen LogP contribution in [0.2, 0.25) is 0 Å². The lowest BCUT2D eigenvalue weighted by Gasteiger charge is -2.00. The summed E-state index contributed by atoms with van der Waals surface area (Å²) in [6.45, 7) is 1.83. The average molecular weight is 367 g/mol. The number of carbonyl (C=O) groups excluding carboxylic acids is 2. The molecule has 5 nitrogen and oxygen atoms in total. The average Bonchev–Trinajstić information content (AvgIpc) is 3.01. The Kier molecular flexibility index (Phi) is 5.14. The lowest BCUT2D eigenvalue weighted by atomic mass is 10.1. The third kappa shape index (κ3) is 3.50. The van der Waals surface area contributed by atoms with Gasteiger partial charge in [0, 0.05) is 17.1 Å². The number of ether oxygens (including phenoxy) is 2. The number of pyridine rings is 1. The van der Waals surface area contributed by atoms with E-state index in [1.54, 1.807) is 19.3 Å². The molecule has 1 aromatic carbocycles. The minimum atomic E-state index is -0.392. The van der Waals surface area contributed by atoms with Crippen molar-refractivity contribution in [3.8, 4) is 5.75 Å². The molecule has 0 fully saturated rings. The zero-order valence-corrected chi connectivity index (χ0v) is 15.4. The van der Waals surface area contributed by atoms with Crippen LogP contribution in [0.25, 0.3) is 16.3 Å². The molecule has 0 atom stereocenters. The summed E-state index contributed by atoms with van der Waals surface area (Å²) >= 11 is 1.26. The van der Waals surface area contributed by atoms with Crippen LogP contribution in [-0.4, -0.2) is 31.0 Å². The van der Waals surface area contributed by atoms with Crippen LogP contribution in [-0.2, 0) is 4.74 Å². The Hall–Kier alpha value is -2.99. The van der Waals surface area contributed by atoms with Crippen molar-refractivity contribution in [2.45, 2.75) is 6.92 Å². The Morgan fingerprint density at radius 1 is 1.19 bits per heavy atom. The molecule has 132 valence electrons. The molecule has 0 aliphatic rings. The van der Waals surface area contributed by atoms with E-state index in [0.29, 0.717) is 15.3 Å². The quantitative estimate of drug-likeness (QED) is 0.382. The number of fused-ring (bicyclic) bond motifs is 1. The van der Waals surface area contributed by atoms with Gasteiger partial charge in [0.2, 0.25) is 0 Å². The third-order valence-electron chi connectivity index (χ3n) is 3.97. The van der Waals surface area contributed by atoms with E-state index in [4.69, 9.17) is 9.47 Å². The molecule has 2 aromatic heterocycles. The Bertz CT molecular complexity index is 1020. The number of aromatic nitrogens is 1. The first-order valence-corrected chi connectivity index (χ1v) is 8.69. The van der Waals surface area contributed by atoms with Crippen LogP contribution in [0.5, 0.6) is 5.75 Å². The maximum atomic E-state index is 12.5. The van der Waals surface area contributed by atoms with Crippen LogP contribution in [0, 0.1) is 6.92 Å². The van der Waals surface area contributed by atoms with Gasteiger partial charge in [-0.25, -0.2) is 9.78 Å². The molecule has 2 heterocycles. The third-order valence-corrected chi connectivity index (χ3v) is 5.17. The minimum absolute atomic E-state index is 0.160. The Labute approximate surface area is 154 Å². The number of ketones is 1. The predicted molar refractivity (Wildman–Crippen MR) is 102 cm³/mol. The fourth-order valence-electron chi connectivity index (χ4n) is 2.53. The molecule has 0 bridgehead atoms. The fourth-order valence-corrected chi connectivity index (χ4v) is 3.58. The van der Waals surface area contributed by atoms with Gasteiger partial charge in [-0.2, -0.15) is 0 Å². The number of rotatable bonds is 5. The highest BCUT2D eigenvalue weighted by atomic mass is 32.1. The summed E-state index contributed by atoms with van der Waals surface area (Å²) in [5.74, 6) is 0.177. The first-order chi connectivity index (χ1) is 12.5. The van der Waals surface area contributed by atoms with E-state index in [1.807, 2.05) is 31.2 Å². The number of benzene rings is 1. The molecular formula is C20H17NO4S. The zero-order valence-electron chi connectivity index (χ0n) is 14.6. The molecule has 0 radical (unpaired) electrons. The summed E-state index contributed by atoms with van der Waals surface area (Å²) in [5, 5.41) is 0.788. The molecule has 3 rings (SSSR count). The van der Waals surface area contributed by atoms with Crippen molar-refractivity contribution in [2.24, 2.45) is 0 Å². The summed E-state index contributed by atoms with van der Waals surface area (Å²) in [6.07, 6.45) is 4.76. The van der Waals surface area contributed by atoms with Crippen LogP contribution in [0.3, 0.4) is 0 Å². The topological polar surface area (TPSA) is 65.5 Å². The van der Waals surface area contributed by atoms with Gasteiger partial charge in [0.25, 0.3) is 0 Å². The largest absolute Gasteiger partial charge is 0.497 e. The summed E-state index contributed by atoms with van der Waals surface area (Å²) in [7, 11) is 2.94. The molecule has 26 heavy (non-hydrogen) atoms. The molecule has 6 heteroatoms. The van der Waals surface area contributed by atoms with Crippen LogP contribution in [0.1, 0.15) is 31.2 Å². The van der Waals surface area contributed by atoms with Crippen molar-refractivity contribution < 1.29 is 19.1 Å². The second kappa shape index (κ2) is 7.49. The molecule has 0 aliphatic carbocycles. The van der Waals surface area contributed by atoms with Crippen molar-refractivity contribution in [3.63, 3.8) is 0 Å². The van der Waals surface area contributed by atoms with Crippen LogP contribution < -0.4 is 4.74 Å². The van der Waals surface area contributed by atoms with Gasteiger partial charge in [0.05, 0.1) is 14.2 Å². The van der Waals surface area contributed by atoms with Gasteiger partial charge in [0.1, 0.15) is 15.5 Å². The molecule has 0 amide bonds. The summed E-state index contributed by atoms with van der Waals surface area (Å²) < 4.78 is 9.96. The van der Waals surface area contributed by atoms with Gasteiger partial charge in [-0.3, -0.25) is 4.79 Å². The normalized spacial score (nSPS) is 11.0. The van der Waals surface area contributed by atoms with E-state index in [0.717, 1.165) is 22.3 Å². The number of hydrogen-bond donors (Lipinski definition) is 0. The van der Waals surface area contributed by atoms with Crippen LogP contribution in [0.15, 0.2) is 42.6 Å². The molecule has 0 unspecified atom stereocenters. The van der Waals surface area contributed by atoms with E-state index in [9.17, 15) is 9.59 Å². The maximum absolute atomic E-state index is 12.5. The second-order valence-electron chi connectivity index (χ2n) is 5.60. The highest BCUT2D eigenvalue weighted by molar-refractivity contribution is 7.20. The van der Waals surface area contributed by atoms with Crippen molar-refractivity contribution in [1.82, 2.24) is 4.98 Å². The van der Waals surface area contributed by atoms with E-state index in [-0.39, 0.29) is 5.78 Å². The van der Waals surface area contributed by atoms with Gasteiger partial charge in [-0.05, 0) is 42.3 Å². The summed E-state index contributed by atoms with van der Waals surface area (Å²) in [6, 6.07) is 9.20. The summed E-state index contributed by atoms with van der Waals surface area (Å²) in [5.41, 5.74) is 2.11.